The highest BCUT2D eigenvalue weighted by atomic mass is 16.5. The number of aromatic nitrogens is 2. The summed E-state index contributed by atoms with van der Waals surface area (Å²) in [6, 6.07) is 10.9. The standard InChI is InChI=1S/C16H18N4O2/c1-22-16(21)13-6-4-12(5-7-13)14-11-20(10-9-17-14)15-3-2-8-18-19-15/h2-8,14,17H,9-11H2,1H3/i/hD. The SMILES string of the molecule is [2H]N1CCN(c2cccnn2)CC1c1ccc(C(=O)OC)cc1. The van der Waals surface area contributed by atoms with Crippen molar-refractivity contribution in [1.82, 2.24) is 15.5 Å². The van der Waals surface area contributed by atoms with Gasteiger partial charge >= 0.3 is 5.97 Å². The lowest BCUT2D eigenvalue weighted by Crippen LogP contribution is -2.46. The van der Waals surface area contributed by atoms with E-state index in [0.717, 1.165) is 17.9 Å². The fourth-order valence-electron chi connectivity index (χ4n) is 2.53. The zero-order valence-corrected chi connectivity index (χ0v) is 12.3. The van der Waals surface area contributed by atoms with Crippen LogP contribution < -0.4 is 10.2 Å². The molecule has 1 fully saturated rings. The van der Waals surface area contributed by atoms with Gasteiger partial charge in [-0.05, 0) is 29.8 Å². The number of piperazine rings is 1. The molecule has 1 aliphatic rings. The predicted octanol–water partition coefficient (Wildman–Crippen LogP) is 1.41. The van der Waals surface area contributed by atoms with Crippen LogP contribution in [-0.4, -0.2) is 42.9 Å². The number of ether oxygens (including phenoxy) is 1. The summed E-state index contributed by atoms with van der Waals surface area (Å²) in [5, 5.41) is 9.62. The maximum Gasteiger partial charge on any atom is 0.337 e. The molecule has 1 aromatic heterocycles. The van der Waals surface area contributed by atoms with E-state index in [9.17, 15) is 4.79 Å². The molecule has 2 aromatic rings. The Bertz CT molecular complexity index is 666. The number of benzene rings is 1. The third kappa shape index (κ3) is 3.07. The van der Waals surface area contributed by atoms with Crippen LogP contribution in [0.3, 0.4) is 0 Å². The minimum Gasteiger partial charge on any atom is -0.465 e. The van der Waals surface area contributed by atoms with Crippen molar-refractivity contribution in [3.8, 4) is 0 Å². The molecule has 6 heteroatoms. The Morgan fingerprint density at radius 2 is 2.23 bits per heavy atom. The van der Waals surface area contributed by atoms with E-state index in [1.807, 2.05) is 24.3 Å². The topological polar surface area (TPSA) is 67.3 Å². The van der Waals surface area contributed by atoms with Crippen molar-refractivity contribution in [2.75, 3.05) is 31.6 Å². The average Bonchev–Trinajstić information content (AvgIpc) is 2.62. The molecule has 6 nitrogen and oxygen atoms in total. The van der Waals surface area contributed by atoms with E-state index in [4.69, 9.17) is 6.15 Å². The van der Waals surface area contributed by atoms with E-state index in [2.05, 4.69) is 15.1 Å². The summed E-state index contributed by atoms with van der Waals surface area (Å²) < 4.78 is 12.9. The molecule has 0 aliphatic carbocycles. The molecule has 0 radical (unpaired) electrons. The van der Waals surface area contributed by atoms with Crippen molar-refractivity contribution in [2.24, 2.45) is 0 Å². The maximum atomic E-state index is 11.5. The van der Waals surface area contributed by atoms with Crippen LogP contribution in [0.15, 0.2) is 42.6 Å². The summed E-state index contributed by atoms with van der Waals surface area (Å²) in [4.78, 5) is 13.6. The predicted molar refractivity (Wildman–Crippen MR) is 82.8 cm³/mol. The summed E-state index contributed by atoms with van der Waals surface area (Å²) in [6.45, 7) is 2.00. The Labute approximate surface area is 130 Å². The van der Waals surface area contributed by atoms with Gasteiger partial charge < -0.3 is 14.9 Å². The van der Waals surface area contributed by atoms with Crippen LogP contribution in [-0.2, 0) is 4.74 Å². The second-order valence-corrected chi connectivity index (χ2v) is 5.06. The first-order valence-electron chi connectivity index (χ1n) is 7.60. The Morgan fingerprint density at radius 1 is 1.41 bits per heavy atom. The highest BCUT2D eigenvalue weighted by molar-refractivity contribution is 5.89. The maximum absolute atomic E-state index is 11.5. The van der Waals surface area contributed by atoms with E-state index in [0.29, 0.717) is 18.7 Å². The zero-order chi connectivity index (χ0) is 16.2. The molecule has 0 saturated carbocycles. The zero-order valence-electron chi connectivity index (χ0n) is 13.3. The number of anilines is 1. The average molecular weight is 299 g/mol. The van der Waals surface area contributed by atoms with Crippen LogP contribution in [0.25, 0.3) is 0 Å². The summed E-state index contributed by atoms with van der Waals surface area (Å²) in [5.41, 5.74) is 1.50. The van der Waals surface area contributed by atoms with Gasteiger partial charge in [0.15, 0.2) is 5.82 Å². The van der Waals surface area contributed by atoms with E-state index >= 15 is 0 Å². The number of methoxy groups -OCH3 is 1. The number of carbonyl (C=O) groups is 1. The monoisotopic (exact) mass is 299 g/mol. The minimum absolute atomic E-state index is 0.0857. The summed E-state index contributed by atoms with van der Waals surface area (Å²) in [6.07, 6.45) is 1.65. The van der Waals surface area contributed by atoms with Crippen molar-refractivity contribution >= 4 is 11.8 Å². The fourth-order valence-corrected chi connectivity index (χ4v) is 2.53. The van der Waals surface area contributed by atoms with E-state index in [-0.39, 0.29) is 12.0 Å². The molecule has 22 heavy (non-hydrogen) atoms. The summed E-state index contributed by atoms with van der Waals surface area (Å²) >= 11 is 0. The van der Waals surface area contributed by atoms with Crippen molar-refractivity contribution in [2.45, 2.75) is 6.04 Å². The second-order valence-electron chi connectivity index (χ2n) is 5.06. The van der Waals surface area contributed by atoms with Crippen LogP contribution in [0.4, 0.5) is 5.82 Å². The van der Waals surface area contributed by atoms with Crippen LogP contribution in [0, 0.1) is 0 Å². The van der Waals surface area contributed by atoms with E-state index < -0.39 is 0 Å². The molecular weight excluding hydrogens is 280 g/mol. The Kier molecular flexibility index (Phi) is 3.92. The smallest absolute Gasteiger partial charge is 0.337 e. The second kappa shape index (κ2) is 6.53. The first-order chi connectivity index (χ1) is 11.2. The van der Waals surface area contributed by atoms with Crippen LogP contribution in [0.1, 0.15) is 22.0 Å². The molecule has 2 heterocycles. The molecule has 0 bridgehead atoms. The van der Waals surface area contributed by atoms with E-state index in [1.54, 1.807) is 23.6 Å². The van der Waals surface area contributed by atoms with Crippen molar-refractivity contribution in [3.63, 3.8) is 0 Å². The van der Waals surface area contributed by atoms with Crippen LogP contribution in [0.2, 0.25) is 1.41 Å². The molecule has 0 amide bonds. The summed E-state index contributed by atoms with van der Waals surface area (Å²) in [7, 11) is 1.36. The minimum atomic E-state index is -0.357. The van der Waals surface area contributed by atoms with Gasteiger partial charge in [-0.25, -0.2) is 4.79 Å². The Balaban J connectivity index is 1.79. The number of rotatable bonds is 3. The third-order valence-electron chi connectivity index (χ3n) is 3.71. The van der Waals surface area contributed by atoms with Gasteiger partial charge in [-0.3, -0.25) is 0 Å². The highest BCUT2D eigenvalue weighted by Crippen LogP contribution is 2.21. The number of hydrogen-bond acceptors (Lipinski definition) is 6. The van der Waals surface area contributed by atoms with Crippen molar-refractivity contribution in [3.05, 3.63) is 53.7 Å². The number of carbonyl (C=O) groups excluding carboxylic acids is 1. The molecular formula is C16H18N4O2. The summed E-state index contributed by atoms with van der Waals surface area (Å²) in [5.74, 6) is 0.459. The lowest BCUT2D eigenvalue weighted by Gasteiger charge is -2.34. The van der Waals surface area contributed by atoms with Crippen LogP contribution >= 0.6 is 0 Å². The number of esters is 1. The van der Waals surface area contributed by atoms with Crippen molar-refractivity contribution in [1.29, 1.82) is 0 Å². The first-order valence-corrected chi connectivity index (χ1v) is 7.15. The molecule has 114 valence electrons. The quantitative estimate of drug-likeness (QED) is 0.865. The highest BCUT2D eigenvalue weighted by Gasteiger charge is 2.22. The Morgan fingerprint density at radius 3 is 2.91 bits per heavy atom. The van der Waals surface area contributed by atoms with Gasteiger partial charge in [-0.1, -0.05) is 12.1 Å². The van der Waals surface area contributed by atoms with Crippen LogP contribution in [0.5, 0.6) is 0 Å². The lowest BCUT2D eigenvalue weighted by atomic mass is 10.0. The molecule has 3 rings (SSSR count). The van der Waals surface area contributed by atoms with Gasteiger partial charge in [-0.15, -0.1) is 5.10 Å². The molecule has 1 saturated heterocycles. The van der Waals surface area contributed by atoms with Gasteiger partial charge in [0.25, 0.3) is 0 Å². The molecule has 1 aromatic carbocycles. The number of hydrogen-bond donors (Lipinski definition) is 1. The fraction of sp³-hybridized carbons (Fsp3) is 0.312. The van der Waals surface area contributed by atoms with Gasteiger partial charge in [0, 0.05) is 31.9 Å². The molecule has 1 N–H and O–H groups in total. The number of nitrogens with zero attached hydrogens (tertiary/aromatic N) is 3. The first kappa shape index (κ1) is 13.2. The lowest BCUT2D eigenvalue weighted by molar-refractivity contribution is 0.0600. The van der Waals surface area contributed by atoms with Gasteiger partial charge in [-0.2, -0.15) is 5.10 Å². The van der Waals surface area contributed by atoms with Gasteiger partial charge in [0.2, 0.25) is 0 Å². The molecule has 1 atom stereocenters. The normalized spacial score (nSPS) is 19.6. The molecule has 1 aliphatic heterocycles. The van der Waals surface area contributed by atoms with Gasteiger partial charge in [0.05, 0.1) is 12.7 Å². The molecule has 1 unspecified atom stereocenters. The third-order valence-corrected chi connectivity index (χ3v) is 3.71. The number of nitrogens with one attached hydrogen (secondary N) is 1. The Hall–Kier alpha value is -2.47. The largest absolute Gasteiger partial charge is 0.465 e. The molecule has 0 spiro atoms. The van der Waals surface area contributed by atoms with E-state index in [1.165, 1.54) is 7.11 Å². The van der Waals surface area contributed by atoms with Crippen molar-refractivity contribution < 1.29 is 10.9 Å². The van der Waals surface area contributed by atoms with Gasteiger partial charge in [0.1, 0.15) is 1.41 Å².